The molecule has 0 spiro atoms. The van der Waals surface area contributed by atoms with Crippen molar-refractivity contribution in [2.75, 3.05) is 12.4 Å². The second-order valence-electron chi connectivity index (χ2n) is 4.72. The van der Waals surface area contributed by atoms with Crippen LogP contribution in [-0.4, -0.2) is 23.8 Å². The first-order valence-corrected chi connectivity index (χ1v) is 6.97. The van der Waals surface area contributed by atoms with Crippen molar-refractivity contribution < 1.29 is 19.2 Å². The number of nitro groups is 1. The van der Waals surface area contributed by atoms with Gasteiger partial charge in [0.2, 0.25) is 0 Å². The number of benzene rings is 2. The summed E-state index contributed by atoms with van der Waals surface area (Å²) >= 11 is 0. The third-order valence-electron chi connectivity index (χ3n) is 3.19. The minimum atomic E-state index is -0.987. The van der Waals surface area contributed by atoms with Crippen LogP contribution in [0.25, 0.3) is 0 Å². The molecule has 0 fully saturated rings. The van der Waals surface area contributed by atoms with Crippen molar-refractivity contribution in [3.8, 4) is 5.75 Å². The van der Waals surface area contributed by atoms with Gasteiger partial charge in [-0.25, -0.2) is 0 Å². The predicted octanol–water partition coefficient (Wildman–Crippen LogP) is 1.86. The van der Waals surface area contributed by atoms with Gasteiger partial charge in [-0.2, -0.15) is 0 Å². The molecule has 0 aliphatic rings. The minimum absolute atomic E-state index is 0.0417. The Kier molecular flexibility index (Phi) is 5.45. The number of carbonyl (C=O) groups is 2. The number of hydrogen-bond acceptors (Lipinski definition) is 5. The average molecular weight is 329 g/mol. The lowest BCUT2D eigenvalue weighted by Crippen LogP contribution is -2.35. The maximum absolute atomic E-state index is 11.9. The van der Waals surface area contributed by atoms with Crippen LogP contribution in [-0.2, 0) is 16.1 Å². The molecule has 2 aromatic carbocycles. The Morgan fingerprint density at radius 1 is 1.08 bits per heavy atom. The highest BCUT2D eigenvalue weighted by molar-refractivity contribution is 6.39. The lowest BCUT2D eigenvalue weighted by Gasteiger charge is -2.09. The fraction of sp³-hybridized carbons (Fsp3) is 0.125. The number of nitro benzene ring substituents is 1. The van der Waals surface area contributed by atoms with Crippen LogP contribution in [0.5, 0.6) is 5.75 Å². The SMILES string of the molecule is COc1ccccc1CNC(=O)C(=O)Nc1ccccc1[N+](=O)[O-]. The van der Waals surface area contributed by atoms with Gasteiger partial charge in [0.25, 0.3) is 5.69 Å². The summed E-state index contributed by atoms with van der Waals surface area (Å²) in [5.41, 5.74) is 0.371. The van der Waals surface area contributed by atoms with Crippen molar-refractivity contribution in [1.29, 1.82) is 0 Å². The van der Waals surface area contributed by atoms with E-state index in [1.54, 1.807) is 24.3 Å². The summed E-state index contributed by atoms with van der Waals surface area (Å²) in [4.78, 5) is 34.0. The predicted molar refractivity (Wildman–Crippen MR) is 86.6 cm³/mol. The molecular formula is C16H15N3O5. The summed E-state index contributed by atoms with van der Waals surface area (Å²) in [5, 5.41) is 15.6. The highest BCUT2D eigenvalue weighted by Crippen LogP contribution is 2.23. The van der Waals surface area contributed by atoms with E-state index in [9.17, 15) is 19.7 Å². The van der Waals surface area contributed by atoms with E-state index in [1.165, 1.54) is 31.4 Å². The topological polar surface area (TPSA) is 111 Å². The molecule has 8 heteroatoms. The Morgan fingerprint density at radius 3 is 2.46 bits per heavy atom. The van der Waals surface area contributed by atoms with Crippen molar-refractivity contribution >= 4 is 23.2 Å². The Bertz CT molecular complexity index is 776. The molecule has 8 nitrogen and oxygen atoms in total. The van der Waals surface area contributed by atoms with Crippen molar-refractivity contribution in [2.45, 2.75) is 6.54 Å². The molecule has 0 saturated heterocycles. The third-order valence-corrected chi connectivity index (χ3v) is 3.19. The standard InChI is InChI=1S/C16H15N3O5/c1-24-14-9-5-2-6-11(14)10-17-15(20)16(21)18-12-7-3-4-8-13(12)19(22)23/h2-9H,10H2,1H3,(H,17,20)(H,18,21). The zero-order chi connectivity index (χ0) is 17.5. The largest absolute Gasteiger partial charge is 0.496 e. The Balaban J connectivity index is 2.01. The van der Waals surface area contributed by atoms with Crippen LogP contribution in [0, 0.1) is 10.1 Å². The molecule has 0 unspecified atom stereocenters. The van der Waals surface area contributed by atoms with E-state index in [-0.39, 0.29) is 17.9 Å². The van der Waals surface area contributed by atoms with Crippen LogP contribution in [0.4, 0.5) is 11.4 Å². The van der Waals surface area contributed by atoms with Crippen LogP contribution in [0.2, 0.25) is 0 Å². The van der Waals surface area contributed by atoms with Gasteiger partial charge >= 0.3 is 11.8 Å². The summed E-state index contributed by atoms with van der Waals surface area (Å²) in [6.45, 7) is 0.0904. The number of amides is 2. The van der Waals surface area contributed by atoms with Crippen molar-refractivity contribution in [3.63, 3.8) is 0 Å². The number of methoxy groups -OCH3 is 1. The number of nitrogens with zero attached hydrogens (tertiary/aromatic N) is 1. The molecule has 124 valence electrons. The summed E-state index contributed by atoms with van der Waals surface area (Å²) < 4.78 is 5.15. The Morgan fingerprint density at radius 2 is 1.75 bits per heavy atom. The van der Waals surface area contributed by atoms with Gasteiger partial charge in [-0.15, -0.1) is 0 Å². The molecule has 2 rings (SSSR count). The average Bonchev–Trinajstić information content (AvgIpc) is 2.60. The summed E-state index contributed by atoms with van der Waals surface area (Å²) in [7, 11) is 1.50. The van der Waals surface area contributed by atoms with E-state index in [0.717, 1.165) is 0 Å². The molecule has 0 aliphatic heterocycles. The monoisotopic (exact) mass is 329 g/mol. The first-order valence-electron chi connectivity index (χ1n) is 6.97. The van der Waals surface area contributed by atoms with Gasteiger partial charge in [0, 0.05) is 18.2 Å². The van der Waals surface area contributed by atoms with Gasteiger partial charge < -0.3 is 15.4 Å². The molecule has 0 bridgehead atoms. The highest BCUT2D eigenvalue weighted by atomic mass is 16.6. The molecule has 2 aromatic rings. The molecule has 0 saturated carbocycles. The van der Waals surface area contributed by atoms with Gasteiger partial charge in [-0.05, 0) is 12.1 Å². The molecule has 0 heterocycles. The number of anilines is 1. The first kappa shape index (κ1) is 16.9. The summed E-state index contributed by atoms with van der Waals surface area (Å²) in [6, 6.07) is 12.6. The zero-order valence-corrected chi connectivity index (χ0v) is 12.8. The molecule has 0 atom stereocenters. The molecule has 0 aromatic heterocycles. The smallest absolute Gasteiger partial charge is 0.313 e. The van der Waals surface area contributed by atoms with E-state index < -0.39 is 16.7 Å². The quantitative estimate of drug-likeness (QED) is 0.494. The number of ether oxygens (including phenoxy) is 1. The van der Waals surface area contributed by atoms with Crippen LogP contribution >= 0.6 is 0 Å². The van der Waals surface area contributed by atoms with Crippen molar-refractivity contribution in [1.82, 2.24) is 5.32 Å². The van der Waals surface area contributed by atoms with E-state index in [0.29, 0.717) is 11.3 Å². The lowest BCUT2D eigenvalue weighted by atomic mass is 10.2. The van der Waals surface area contributed by atoms with Gasteiger partial charge in [0.05, 0.1) is 12.0 Å². The van der Waals surface area contributed by atoms with E-state index in [1.807, 2.05) is 0 Å². The summed E-state index contributed by atoms with van der Waals surface area (Å²) in [6.07, 6.45) is 0. The number of para-hydroxylation sites is 3. The molecule has 2 N–H and O–H groups in total. The maximum Gasteiger partial charge on any atom is 0.313 e. The second-order valence-corrected chi connectivity index (χ2v) is 4.72. The van der Waals surface area contributed by atoms with Crippen LogP contribution in [0.15, 0.2) is 48.5 Å². The van der Waals surface area contributed by atoms with Crippen LogP contribution in [0.3, 0.4) is 0 Å². The summed E-state index contributed by atoms with van der Waals surface area (Å²) in [5.74, 6) is -1.31. The Labute approximate surface area is 137 Å². The second kappa shape index (κ2) is 7.73. The van der Waals surface area contributed by atoms with E-state index in [2.05, 4.69) is 10.6 Å². The van der Waals surface area contributed by atoms with Gasteiger partial charge in [0.1, 0.15) is 11.4 Å². The van der Waals surface area contributed by atoms with Gasteiger partial charge in [-0.1, -0.05) is 30.3 Å². The van der Waals surface area contributed by atoms with E-state index in [4.69, 9.17) is 4.74 Å². The third kappa shape index (κ3) is 4.07. The Hall–Kier alpha value is -3.42. The van der Waals surface area contributed by atoms with Gasteiger partial charge in [0.15, 0.2) is 0 Å². The molecule has 2 amide bonds. The molecule has 0 aliphatic carbocycles. The normalized spacial score (nSPS) is 9.88. The maximum atomic E-state index is 11.9. The van der Waals surface area contributed by atoms with Gasteiger partial charge in [-0.3, -0.25) is 19.7 Å². The highest BCUT2D eigenvalue weighted by Gasteiger charge is 2.19. The van der Waals surface area contributed by atoms with Crippen molar-refractivity contribution in [3.05, 3.63) is 64.2 Å². The molecular weight excluding hydrogens is 314 g/mol. The lowest BCUT2D eigenvalue weighted by molar-refractivity contribution is -0.383. The van der Waals surface area contributed by atoms with Crippen LogP contribution in [0.1, 0.15) is 5.56 Å². The van der Waals surface area contributed by atoms with E-state index >= 15 is 0 Å². The molecule has 24 heavy (non-hydrogen) atoms. The minimum Gasteiger partial charge on any atom is -0.496 e. The number of carbonyl (C=O) groups excluding carboxylic acids is 2. The molecule has 0 radical (unpaired) electrons. The van der Waals surface area contributed by atoms with Crippen molar-refractivity contribution in [2.24, 2.45) is 0 Å². The number of rotatable bonds is 5. The number of hydrogen-bond donors (Lipinski definition) is 2. The fourth-order valence-electron chi connectivity index (χ4n) is 2.02. The zero-order valence-electron chi connectivity index (χ0n) is 12.8. The fourth-order valence-corrected chi connectivity index (χ4v) is 2.02. The van der Waals surface area contributed by atoms with Crippen LogP contribution < -0.4 is 15.4 Å². The number of nitrogens with one attached hydrogen (secondary N) is 2. The first-order chi connectivity index (χ1) is 11.5.